The van der Waals surface area contributed by atoms with Gasteiger partial charge in [0.2, 0.25) is 5.91 Å². The van der Waals surface area contributed by atoms with Crippen LogP contribution >= 0.6 is 27.3 Å². The van der Waals surface area contributed by atoms with Crippen molar-refractivity contribution < 1.29 is 9.59 Å². The Labute approximate surface area is 122 Å². The molecule has 3 N–H and O–H groups in total. The van der Waals surface area contributed by atoms with Crippen LogP contribution in [0.4, 0.5) is 0 Å². The zero-order valence-electron chi connectivity index (χ0n) is 9.80. The smallest absolute Gasteiger partial charge is 0.262 e. The number of benzene rings is 1. The Balaban J connectivity index is 2.22. The van der Waals surface area contributed by atoms with Crippen LogP contribution < -0.4 is 11.1 Å². The number of carbonyl (C=O) groups excluding carboxylic acids is 2. The third kappa shape index (κ3) is 3.42. The van der Waals surface area contributed by atoms with Crippen LogP contribution in [-0.2, 0) is 4.79 Å². The molecule has 4 nitrogen and oxygen atoms in total. The van der Waals surface area contributed by atoms with Gasteiger partial charge in [-0.1, -0.05) is 34.1 Å². The predicted octanol–water partition coefficient (Wildman–Crippen LogP) is 2.47. The highest BCUT2D eigenvalue weighted by Gasteiger charge is 2.21. The quantitative estimate of drug-likeness (QED) is 0.898. The predicted molar refractivity (Wildman–Crippen MR) is 77.9 cm³/mol. The molecular formula is C13H11BrN2O2S. The summed E-state index contributed by atoms with van der Waals surface area (Å²) in [6, 6.07) is 9.75. The number of primary amides is 1. The second-order valence-corrected chi connectivity index (χ2v) is 5.70. The molecule has 2 aromatic rings. The minimum absolute atomic E-state index is 0.307. The number of hydrogen-bond donors (Lipinski definition) is 2. The SMILES string of the molecule is NC(=O)[C@@H](NC(=O)c1cccs1)c1cccc(Br)c1. The summed E-state index contributed by atoms with van der Waals surface area (Å²) in [4.78, 5) is 24.0. The van der Waals surface area contributed by atoms with Crippen molar-refractivity contribution in [3.05, 3.63) is 56.7 Å². The molecule has 1 aromatic heterocycles. The van der Waals surface area contributed by atoms with Gasteiger partial charge < -0.3 is 11.1 Å². The summed E-state index contributed by atoms with van der Waals surface area (Å²) in [5.41, 5.74) is 6.00. The van der Waals surface area contributed by atoms with Gasteiger partial charge >= 0.3 is 0 Å². The van der Waals surface area contributed by atoms with Crippen molar-refractivity contribution in [1.29, 1.82) is 0 Å². The van der Waals surface area contributed by atoms with Gasteiger partial charge in [0.1, 0.15) is 6.04 Å². The van der Waals surface area contributed by atoms with Crippen molar-refractivity contribution in [2.45, 2.75) is 6.04 Å². The molecule has 0 spiro atoms. The van der Waals surface area contributed by atoms with Crippen LogP contribution in [0.1, 0.15) is 21.3 Å². The Morgan fingerprint density at radius 2 is 2.05 bits per heavy atom. The Morgan fingerprint density at radius 1 is 1.26 bits per heavy atom. The molecule has 2 rings (SSSR count). The lowest BCUT2D eigenvalue weighted by Crippen LogP contribution is -2.37. The molecule has 0 saturated heterocycles. The minimum atomic E-state index is -0.841. The number of hydrogen-bond acceptors (Lipinski definition) is 3. The number of amides is 2. The van der Waals surface area contributed by atoms with Crippen molar-refractivity contribution >= 4 is 39.1 Å². The fourth-order valence-corrected chi connectivity index (χ4v) is 2.66. The Morgan fingerprint density at radius 3 is 2.63 bits per heavy atom. The molecule has 0 aliphatic rings. The number of halogens is 1. The molecule has 0 unspecified atom stereocenters. The zero-order valence-corrected chi connectivity index (χ0v) is 12.2. The number of thiophene rings is 1. The van der Waals surface area contributed by atoms with E-state index in [4.69, 9.17) is 5.73 Å². The van der Waals surface area contributed by atoms with Gasteiger partial charge in [-0.25, -0.2) is 0 Å². The first-order valence-electron chi connectivity index (χ1n) is 5.47. The zero-order chi connectivity index (χ0) is 13.8. The summed E-state index contributed by atoms with van der Waals surface area (Å²) in [6.45, 7) is 0. The van der Waals surface area contributed by atoms with Crippen molar-refractivity contribution in [1.82, 2.24) is 5.32 Å². The largest absolute Gasteiger partial charge is 0.368 e. The van der Waals surface area contributed by atoms with E-state index >= 15 is 0 Å². The molecule has 98 valence electrons. The number of rotatable bonds is 4. The average Bonchev–Trinajstić information content (AvgIpc) is 2.89. The van der Waals surface area contributed by atoms with Gasteiger partial charge in [0.15, 0.2) is 0 Å². The van der Waals surface area contributed by atoms with E-state index in [9.17, 15) is 9.59 Å². The van der Waals surface area contributed by atoms with Crippen LogP contribution in [0, 0.1) is 0 Å². The van der Waals surface area contributed by atoms with Crippen LogP contribution in [0.25, 0.3) is 0 Å². The van der Waals surface area contributed by atoms with Crippen LogP contribution in [0.3, 0.4) is 0 Å². The Kier molecular flexibility index (Phi) is 4.34. The first kappa shape index (κ1) is 13.8. The van der Waals surface area contributed by atoms with E-state index in [0.29, 0.717) is 10.4 Å². The fraction of sp³-hybridized carbons (Fsp3) is 0.0769. The maximum Gasteiger partial charge on any atom is 0.262 e. The molecule has 19 heavy (non-hydrogen) atoms. The molecule has 0 radical (unpaired) electrons. The fourth-order valence-electron chi connectivity index (χ4n) is 1.61. The highest BCUT2D eigenvalue weighted by molar-refractivity contribution is 9.10. The third-order valence-corrected chi connectivity index (χ3v) is 3.85. The van der Waals surface area contributed by atoms with Gasteiger partial charge in [0.05, 0.1) is 4.88 Å². The van der Waals surface area contributed by atoms with Gasteiger partial charge in [0.25, 0.3) is 5.91 Å². The van der Waals surface area contributed by atoms with Gasteiger partial charge in [-0.3, -0.25) is 9.59 Å². The van der Waals surface area contributed by atoms with Crippen molar-refractivity contribution in [2.24, 2.45) is 5.73 Å². The van der Waals surface area contributed by atoms with E-state index in [2.05, 4.69) is 21.2 Å². The highest BCUT2D eigenvalue weighted by atomic mass is 79.9. The second kappa shape index (κ2) is 5.99. The van der Waals surface area contributed by atoms with Crippen LogP contribution in [0.5, 0.6) is 0 Å². The van der Waals surface area contributed by atoms with Gasteiger partial charge in [-0.05, 0) is 29.1 Å². The molecule has 0 bridgehead atoms. The maximum atomic E-state index is 12.0. The summed E-state index contributed by atoms with van der Waals surface area (Å²) in [5.74, 6) is -0.901. The lowest BCUT2D eigenvalue weighted by molar-refractivity contribution is -0.120. The molecule has 1 heterocycles. The molecule has 6 heteroatoms. The van der Waals surface area contributed by atoms with E-state index in [1.54, 1.807) is 35.7 Å². The van der Waals surface area contributed by atoms with E-state index in [1.807, 2.05) is 6.07 Å². The molecule has 0 fully saturated rings. The van der Waals surface area contributed by atoms with Gasteiger partial charge in [-0.15, -0.1) is 11.3 Å². The van der Waals surface area contributed by atoms with Gasteiger partial charge in [-0.2, -0.15) is 0 Å². The average molecular weight is 339 g/mol. The topological polar surface area (TPSA) is 72.2 Å². The minimum Gasteiger partial charge on any atom is -0.368 e. The first-order valence-corrected chi connectivity index (χ1v) is 7.14. The highest BCUT2D eigenvalue weighted by Crippen LogP contribution is 2.19. The summed E-state index contributed by atoms with van der Waals surface area (Å²) < 4.78 is 0.821. The lowest BCUT2D eigenvalue weighted by atomic mass is 10.1. The van der Waals surface area contributed by atoms with E-state index < -0.39 is 11.9 Å². The summed E-state index contributed by atoms with van der Waals surface area (Å²) in [7, 11) is 0. The number of carbonyl (C=O) groups is 2. The molecule has 2 amide bonds. The molecule has 0 aliphatic heterocycles. The summed E-state index contributed by atoms with van der Waals surface area (Å²) in [5, 5.41) is 4.44. The number of nitrogens with two attached hydrogens (primary N) is 1. The molecule has 0 aliphatic carbocycles. The molecular weight excluding hydrogens is 328 g/mol. The van der Waals surface area contributed by atoms with Crippen LogP contribution in [0.15, 0.2) is 46.3 Å². The van der Waals surface area contributed by atoms with E-state index in [-0.39, 0.29) is 5.91 Å². The molecule has 1 aromatic carbocycles. The maximum absolute atomic E-state index is 12.0. The van der Waals surface area contributed by atoms with Crippen molar-refractivity contribution in [3.8, 4) is 0 Å². The Hall–Kier alpha value is -1.66. The summed E-state index contributed by atoms with van der Waals surface area (Å²) >= 11 is 4.63. The second-order valence-electron chi connectivity index (χ2n) is 3.84. The van der Waals surface area contributed by atoms with Crippen molar-refractivity contribution in [3.63, 3.8) is 0 Å². The van der Waals surface area contributed by atoms with Gasteiger partial charge in [0, 0.05) is 4.47 Å². The standard InChI is InChI=1S/C13H11BrN2O2S/c14-9-4-1-3-8(7-9)11(12(15)17)16-13(18)10-5-2-6-19-10/h1-7,11H,(H2,15,17)(H,16,18)/t11-/m0/s1. The van der Waals surface area contributed by atoms with Crippen LogP contribution in [0.2, 0.25) is 0 Å². The van der Waals surface area contributed by atoms with Crippen molar-refractivity contribution in [2.75, 3.05) is 0 Å². The number of nitrogens with one attached hydrogen (secondary N) is 1. The molecule has 1 atom stereocenters. The normalized spacial score (nSPS) is 11.8. The Bertz CT molecular complexity index is 598. The molecule has 0 saturated carbocycles. The third-order valence-electron chi connectivity index (χ3n) is 2.49. The van der Waals surface area contributed by atoms with E-state index in [1.165, 1.54) is 11.3 Å². The lowest BCUT2D eigenvalue weighted by Gasteiger charge is -2.15. The monoisotopic (exact) mass is 338 g/mol. The van der Waals surface area contributed by atoms with Crippen LogP contribution in [-0.4, -0.2) is 11.8 Å². The first-order chi connectivity index (χ1) is 9.08. The van der Waals surface area contributed by atoms with E-state index in [0.717, 1.165) is 4.47 Å². The summed E-state index contributed by atoms with van der Waals surface area (Å²) in [6.07, 6.45) is 0.